The number of para-hydroxylation sites is 2. The number of rotatable bonds is 5. The lowest BCUT2D eigenvalue weighted by atomic mass is 10.2. The molecule has 2 aromatic carbocycles. The molecule has 29 heavy (non-hydrogen) atoms. The van der Waals surface area contributed by atoms with Crippen molar-refractivity contribution in [1.82, 2.24) is 14.9 Å². The third-order valence-corrected chi connectivity index (χ3v) is 4.70. The van der Waals surface area contributed by atoms with Crippen LogP contribution in [-0.2, 0) is 16.1 Å². The SMILES string of the molecule is Cc1nccn1-c1ccc(CNC(=O)CN2C(=O)COc3ccccc32)cc1F. The van der Waals surface area contributed by atoms with E-state index in [0.717, 1.165) is 0 Å². The number of hydrogen-bond acceptors (Lipinski definition) is 4. The number of aromatic nitrogens is 2. The molecule has 1 N–H and O–H groups in total. The Bertz CT molecular complexity index is 1080. The average Bonchev–Trinajstić information content (AvgIpc) is 3.14. The molecule has 8 heteroatoms. The van der Waals surface area contributed by atoms with E-state index in [4.69, 9.17) is 4.74 Å². The Labute approximate surface area is 166 Å². The molecule has 1 aromatic heterocycles. The predicted octanol–water partition coefficient (Wildman–Crippen LogP) is 2.36. The summed E-state index contributed by atoms with van der Waals surface area (Å²) in [5.41, 5.74) is 1.57. The number of imidazole rings is 1. The molecular weight excluding hydrogens is 375 g/mol. The minimum Gasteiger partial charge on any atom is -0.482 e. The molecule has 148 valence electrons. The van der Waals surface area contributed by atoms with E-state index in [1.807, 2.05) is 0 Å². The fourth-order valence-electron chi connectivity index (χ4n) is 3.22. The molecule has 0 radical (unpaired) electrons. The normalized spacial score (nSPS) is 13.0. The molecular formula is C21H19FN4O3. The number of nitrogens with zero attached hydrogens (tertiary/aromatic N) is 3. The van der Waals surface area contributed by atoms with E-state index in [1.54, 1.807) is 60.3 Å². The molecule has 0 saturated carbocycles. The second-order valence-corrected chi connectivity index (χ2v) is 6.64. The van der Waals surface area contributed by atoms with Gasteiger partial charge in [-0.1, -0.05) is 18.2 Å². The molecule has 7 nitrogen and oxygen atoms in total. The molecule has 2 amide bonds. The molecule has 3 aromatic rings. The number of carbonyl (C=O) groups excluding carboxylic acids is 2. The van der Waals surface area contributed by atoms with Crippen LogP contribution < -0.4 is 15.0 Å². The number of carbonyl (C=O) groups is 2. The van der Waals surface area contributed by atoms with Gasteiger partial charge < -0.3 is 14.6 Å². The molecule has 0 fully saturated rings. The van der Waals surface area contributed by atoms with Gasteiger partial charge in [-0.3, -0.25) is 14.5 Å². The van der Waals surface area contributed by atoms with Crippen molar-refractivity contribution < 1.29 is 18.7 Å². The summed E-state index contributed by atoms with van der Waals surface area (Å²) in [6.07, 6.45) is 3.29. The second-order valence-electron chi connectivity index (χ2n) is 6.64. The van der Waals surface area contributed by atoms with Crippen LogP contribution in [0.5, 0.6) is 5.75 Å². The van der Waals surface area contributed by atoms with Crippen LogP contribution in [-0.4, -0.2) is 34.5 Å². The summed E-state index contributed by atoms with van der Waals surface area (Å²) >= 11 is 0. The van der Waals surface area contributed by atoms with Gasteiger partial charge in [0.05, 0.1) is 11.4 Å². The minimum atomic E-state index is -0.407. The standard InChI is InChI=1S/C21H19FN4O3/c1-14-23-8-9-25(14)17-7-6-15(10-16(17)22)11-24-20(27)12-26-18-4-2-3-5-19(18)29-13-21(26)28/h2-10H,11-13H2,1H3,(H,24,27). The number of benzene rings is 2. The van der Waals surface area contributed by atoms with Gasteiger partial charge in [0.15, 0.2) is 6.61 Å². The van der Waals surface area contributed by atoms with Crippen molar-refractivity contribution in [3.63, 3.8) is 0 Å². The number of fused-ring (bicyclic) bond motifs is 1. The van der Waals surface area contributed by atoms with Crippen LogP contribution in [0.3, 0.4) is 0 Å². The van der Waals surface area contributed by atoms with Crippen LogP contribution >= 0.6 is 0 Å². The van der Waals surface area contributed by atoms with E-state index in [0.29, 0.717) is 28.5 Å². The number of anilines is 1. The molecule has 2 heterocycles. The van der Waals surface area contributed by atoms with E-state index < -0.39 is 5.82 Å². The maximum Gasteiger partial charge on any atom is 0.265 e. The third-order valence-electron chi connectivity index (χ3n) is 4.70. The fraction of sp³-hybridized carbons (Fsp3) is 0.190. The van der Waals surface area contributed by atoms with Crippen molar-refractivity contribution in [3.8, 4) is 11.4 Å². The first-order chi connectivity index (χ1) is 14.0. The zero-order chi connectivity index (χ0) is 20.4. The van der Waals surface area contributed by atoms with Gasteiger partial charge in [0, 0.05) is 18.9 Å². The van der Waals surface area contributed by atoms with Crippen molar-refractivity contribution >= 4 is 17.5 Å². The zero-order valence-electron chi connectivity index (χ0n) is 15.8. The van der Waals surface area contributed by atoms with E-state index in [1.165, 1.54) is 11.0 Å². The Hall–Kier alpha value is -3.68. The van der Waals surface area contributed by atoms with Crippen LogP contribution in [0.4, 0.5) is 10.1 Å². The molecule has 0 saturated heterocycles. The first-order valence-corrected chi connectivity index (χ1v) is 9.10. The second kappa shape index (κ2) is 7.75. The number of hydrogen-bond donors (Lipinski definition) is 1. The Morgan fingerprint density at radius 2 is 2.07 bits per heavy atom. The molecule has 1 aliphatic rings. The van der Waals surface area contributed by atoms with Crippen molar-refractivity contribution in [2.75, 3.05) is 18.1 Å². The average molecular weight is 394 g/mol. The number of amides is 2. The monoisotopic (exact) mass is 394 g/mol. The Balaban J connectivity index is 1.41. The van der Waals surface area contributed by atoms with Crippen LogP contribution in [0.1, 0.15) is 11.4 Å². The first kappa shape index (κ1) is 18.7. The summed E-state index contributed by atoms with van der Waals surface area (Å²) in [5, 5.41) is 2.73. The van der Waals surface area contributed by atoms with Crippen LogP contribution in [0, 0.1) is 12.7 Å². The molecule has 0 bridgehead atoms. The molecule has 0 atom stereocenters. The predicted molar refractivity (Wildman–Crippen MR) is 104 cm³/mol. The maximum absolute atomic E-state index is 14.5. The van der Waals surface area contributed by atoms with Crippen molar-refractivity contribution in [3.05, 3.63) is 72.1 Å². The lowest BCUT2D eigenvalue weighted by Gasteiger charge is -2.28. The van der Waals surface area contributed by atoms with E-state index >= 15 is 0 Å². The van der Waals surface area contributed by atoms with Gasteiger partial charge in [0.2, 0.25) is 5.91 Å². The minimum absolute atomic E-state index is 0.107. The molecule has 0 aliphatic carbocycles. The highest BCUT2D eigenvalue weighted by Crippen LogP contribution is 2.31. The zero-order valence-corrected chi connectivity index (χ0v) is 15.8. The van der Waals surface area contributed by atoms with Gasteiger partial charge >= 0.3 is 0 Å². The van der Waals surface area contributed by atoms with Crippen molar-refractivity contribution in [2.45, 2.75) is 13.5 Å². The highest BCUT2D eigenvalue weighted by Gasteiger charge is 2.26. The van der Waals surface area contributed by atoms with Gasteiger partial charge in [-0.15, -0.1) is 0 Å². The van der Waals surface area contributed by atoms with Gasteiger partial charge in [-0.25, -0.2) is 9.37 Å². The fourth-order valence-corrected chi connectivity index (χ4v) is 3.22. The highest BCUT2D eigenvalue weighted by atomic mass is 19.1. The number of halogens is 1. The quantitative estimate of drug-likeness (QED) is 0.721. The van der Waals surface area contributed by atoms with Crippen LogP contribution in [0.2, 0.25) is 0 Å². The topological polar surface area (TPSA) is 76.5 Å². The van der Waals surface area contributed by atoms with Crippen molar-refractivity contribution in [2.24, 2.45) is 0 Å². The highest BCUT2D eigenvalue weighted by molar-refractivity contribution is 6.02. The van der Waals surface area contributed by atoms with Crippen molar-refractivity contribution in [1.29, 1.82) is 0 Å². The summed E-state index contributed by atoms with van der Waals surface area (Å²) in [5.74, 6) is 0.206. The van der Waals surface area contributed by atoms with Crippen LogP contribution in [0.15, 0.2) is 54.9 Å². The van der Waals surface area contributed by atoms with E-state index in [2.05, 4.69) is 10.3 Å². The third kappa shape index (κ3) is 3.82. The maximum atomic E-state index is 14.5. The molecule has 4 rings (SSSR count). The first-order valence-electron chi connectivity index (χ1n) is 9.10. The van der Waals surface area contributed by atoms with Gasteiger partial charge in [0.1, 0.15) is 23.9 Å². The van der Waals surface area contributed by atoms with E-state index in [9.17, 15) is 14.0 Å². The Kier molecular flexibility index (Phi) is 4.99. The van der Waals surface area contributed by atoms with Gasteiger partial charge in [-0.05, 0) is 36.8 Å². The smallest absolute Gasteiger partial charge is 0.265 e. The van der Waals surface area contributed by atoms with Crippen LogP contribution in [0.25, 0.3) is 5.69 Å². The summed E-state index contributed by atoms with van der Waals surface area (Å²) in [7, 11) is 0. The van der Waals surface area contributed by atoms with E-state index in [-0.39, 0.29) is 31.5 Å². The summed E-state index contributed by atoms with van der Waals surface area (Å²) < 4.78 is 21.5. The summed E-state index contributed by atoms with van der Waals surface area (Å²) in [4.78, 5) is 30.0. The lowest BCUT2D eigenvalue weighted by Crippen LogP contribution is -2.45. The summed E-state index contributed by atoms with van der Waals surface area (Å²) in [6.45, 7) is 1.70. The Morgan fingerprint density at radius 3 is 2.83 bits per heavy atom. The summed E-state index contributed by atoms with van der Waals surface area (Å²) in [6, 6.07) is 11.8. The molecule has 0 unspecified atom stereocenters. The molecule has 1 aliphatic heterocycles. The largest absolute Gasteiger partial charge is 0.482 e. The lowest BCUT2D eigenvalue weighted by molar-refractivity contribution is -0.125. The van der Waals surface area contributed by atoms with Gasteiger partial charge in [0.25, 0.3) is 5.91 Å². The molecule has 0 spiro atoms. The number of aryl methyl sites for hydroxylation is 1. The van der Waals surface area contributed by atoms with Gasteiger partial charge in [-0.2, -0.15) is 0 Å². The Morgan fingerprint density at radius 1 is 1.24 bits per heavy atom. The number of ether oxygens (including phenoxy) is 1. The number of nitrogens with one attached hydrogen (secondary N) is 1.